The van der Waals surface area contributed by atoms with Crippen molar-refractivity contribution in [2.75, 3.05) is 0 Å². The fourth-order valence-corrected chi connectivity index (χ4v) is 4.58. The lowest BCUT2D eigenvalue weighted by Gasteiger charge is -2.26. The van der Waals surface area contributed by atoms with Crippen LogP contribution in [0.5, 0.6) is 5.75 Å². The van der Waals surface area contributed by atoms with Crippen molar-refractivity contribution in [2.24, 2.45) is 7.05 Å². The van der Waals surface area contributed by atoms with E-state index in [-0.39, 0.29) is 23.9 Å². The summed E-state index contributed by atoms with van der Waals surface area (Å²) >= 11 is 1.69. The second-order valence-corrected chi connectivity index (χ2v) is 7.68. The van der Waals surface area contributed by atoms with Crippen LogP contribution in [0.15, 0.2) is 35.1 Å². The van der Waals surface area contributed by atoms with Crippen LogP contribution in [0, 0.1) is 13.8 Å². The maximum absolute atomic E-state index is 13.0. The Morgan fingerprint density at radius 1 is 1.21 bits per heavy atom. The number of ether oxygens (including phenoxy) is 1. The van der Waals surface area contributed by atoms with E-state index in [0.29, 0.717) is 11.3 Å². The van der Waals surface area contributed by atoms with E-state index in [1.54, 1.807) is 23.0 Å². The normalized spacial score (nSPS) is 17.0. The Bertz CT molecular complexity index is 1040. The molecule has 5 heteroatoms. The standard InChI is InChI=1S/C19H17NO3S/c1-10-8-13(11(2)24-10)14-9-16(21)23-18-12-6-4-5-7-15(12)20(3)19(22)17(14)18/h4-8,14H,9H2,1-3H3. The number of esters is 1. The maximum Gasteiger partial charge on any atom is 0.312 e. The molecule has 122 valence electrons. The smallest absolute Gasteiger partial charge is 0.312 e. The van der Waals surface area contributed by atoms with Crippen molar-refractivity contribution < 1.29 is 9.53 Å². The van der Waals surface area contributed by atoms with Gasteiger partial charge < -0.3 is 9.30 Å². The van der Waals surface area contributed by atoms with Crippen molar-refractivity contribution in [3.63, 3.8) is 0 Å². The van der Waals surface area contributed by atoms with Crippen LogP contribution in [0.2, 0.25) is 0 Å². The molecule has 0 saturated carbocycles. The molecule has 0 N–H and O–H groups in total. The molecule has 24 heavy (non-hydrogen) atoms. The van der Waals surface area contributed by atoms with E-state index in [0.717, 1.165) is 21.3 Å². The first kappa shape index (κ1) is 15.1. The first-order chi connectivity index (χ1) is 11.5. The van der Waals surface area contributed by atoms with Gasteiger partial charge in [-0.3, -0.25) is 9.59 Å². The van der Waals surface area contributed by atoms with Crippen molar-refractivity contribution in [1.29, 1.82) is 0 Å². The van der Waals surface area contributed by atoms with Crippen LogP contribution in [0.4, 0.5) is 0 Å². The number of para-hydroxylation sites is 1. The van der Waals surface area contributed by atoms with Crippen LogP contribution in [0.1, 0.15) is 33.2 Å². The lowest BCUT2D eigenvalue weighted by molar-refractivity contribution is -0.135. The Morgan fingerprint density at radius 2 is 1.96 bits per heavy atom. The quantitative estimate of drug-likeness (QED) is 0.636. The third-order valence-electron chi connectivity index (χ3n) is 4.68. The van der Waals surface area contributed by atoms with Crippen LogP contribution in [0.3, 0.4) is 0 Å². The van der Waals surface area contributed by atoms with Gasteiger partial charge in [-0.1, -0.05) is 12.1 Å². The minimum absolute atomic E-state index is 0.0931. The second kappa shape index (κ2) is 5.31. The summed E-state index contributed by atoms with van der Waals surface area (Å²) < 4.78 is 7.18. The molecule has 0 aliphatic carbocycles. The highest BCUT2D eigenvalue weighted by Crippen LogP contribution is 2.42. The molecule has 4 nitrogen and oxygen atoms in total. The van der Waals surface area contributed by atoms with Gasteiger partial charge in [0.1, 0.15) is 5.75 Å². The minimum atomic E-state index is -0.283. The molecular formula is C19H17NO3S. The third-order valence-corrected chi connectivity index (χ3v) is 5.66. The fraction of sp³-hybridized carbons (Fsp3) is 0.263. The molecule has 0 saturated heterocycles. The number of rotatable bonds is 1. The van der Waals surface area contributed by atoms with Crippen molar-refractivity contribution in [3.05, 3.63) is 61.6 Å². The van der Waals surface area contributed by atoms with Crippen LogP contribution in [0.25, 0.3) is 10.9 Å². The molecule has 4 rings (SSSR count). The summed E-state index contributed by atoms with van der Waals surface area (Å²) in [6.45, 7) is 4.08. The highest BCUT2D eigenvalue weighted by molar-refractivity contribution is 7.12. The molecule has 0 radical (unpaired) electrons. The van der Waals surface area contributed by atoms with Crippen LogP contribution < -0.4 is 10.3 Å². The number of thiophene rings is 1. The van der Waals surface area contributed by atoms with E-state index in [1.165, 1.54) is 4.88 Å². The predicted octanol–water partition coefficient (Wildman–Crippen LogP) is 3.66. The molecule has 0 spiro atoms. The summed E-state index contributed by atoms with van der Waals surface area (Å²) in [5.74, 6) is -0.0955. The van der Waals surface area contributed by atoms with E-state index in [9.17, 15) is 9.59 Å². The first-order valence-electron chi connectivity index (χ1n) is 7.86. The Morgan fingerprint density at radius 3 is 2.67 bits per heavy atom. The molecule has 0 fully saturated rings. The molecule has 3 aromatic rings. The Balaban J connectivity index is 2.09. The fourth-order valence-electron chi connectivity index (χ4n) is 3.59. The van der Waals surface area contributed by atoms with Gasteiger partial charge in [0, 0.05) is 28.1 Å². The minimum Gasteiger partial charge on any atom is -0.425 e. The maximum atomic E-state index is 13.0. The van der Waals surface area contributed by atoms with Gasteiger partial charge in [-0.05, 0) is 37.6 Å². The highest BCUT2D eigenvalue weighted by Gasteiger charge is 2.34. The van der Waals surface area contributed by atoms with Gasteiger partial charge in [-0.2, -0.15) is 0 Å². The van der Waals surface area contributed by atoms with Gasteiger partial charge in [0.15, 0.2) is 0 Å². The average molecular weight is 339 g/mol. The summed E-state index contributed by atoms with van der Waals surface area (Å²) in [7, 11) is 1.77. The SMILES string of the molecule is Cc1cc(C2CC(=O)Oc3c2c(=O)n(C)c2ccccc32)c(C)s1. The number of carbonyl (C=O) groups is 1. The Kier molecular flexibility index (Phi) is 3.35. The summed E-state index contributed by atoms with van der Waals surface area (Å²) in [5.41, 5.74) is 2.33. The van der Waals surface area contributed by atoms with E-state index in [2.05, 4.69) is 6.07 Å². The number of nitrogens with zero attached hydrogens (tertiary/aromatic N) is 1. The van der Waals surface area contributed by atoms with Gasteiger partial charge in [-0.15, -0.1) is 11.3 Å². The van der Waals surface area contributed by atoms with Crippen LogP contribution in [-0.4, -0.2) is 10.5 Å². The highest BCUT2D eigenvalue weighted by atomic mass is 32.1. The Hall–Kier alpha value is -2.40. The molecule has 3 heterocycles. The second-order valence-electron chi connectivity index (χ2n) is 6.22. The van der Waals surface area contributed by atoms with Crippen molar-refractivity contribution >= 4 is 28.2 Å². The number of carbonyl (C=O) groups excluding carboxylic acids is 1. The summed E-state index contributed by atoms with van der Waals surface area (Å²) in [6.07, 6.45) is 0.206. The molecule has 2 aromatic heterocycles. The molecular weight excluding hydrogens is 322 g/mol. The van der Waals surface area contributed by atoms with Crippen molar-refractivity contribution in [2.45, 2.75) is 26.2 Å². The van der Waals surface area contributed by atoms with E-state index in [1.807, 2.05) is 38.1 Å². The first-order valence-corrected chi connectivity index (χ1v) is 8.68. The lowest BCUT2D eigenvalue weighted by atomic mass is 9.86. The molecule has 1 aromatic carbocycles. The molecule has 0 amide bonds. The van der Waals surface area contributed by atoms with Gasteiger partial charge in [0.25, 0.3) is 5.56 Å². The summed E-state index contributed by atoms with van der Waals surface area (Å²) in [4.78, 5) is 27.6. The number of aromatic nitrogens is 1. The number of hydrogen-bond acceptors (Lipinski definition) is 4. The van der Waals surface area contributed by atoms with Gasteiger partial charge in [0.05, 0.1) is 17.5 Å². The third kappa shape index (κ3) is 2.12. The monoisotopic (exact) mass is 339 g/mol. The number of hydrogen-bond donors (Lipinski definition) is 0. The summed E-state index contributed by atoms with van der Waals surface area (Å²) in [5, 5.41) is 0.803. The molecule has 1 atom stereocenters. The number of pyridine rings is 1. The Labute approximate surface area is 143 Å². The van der Waals surface area contributed by atoms with E-state index < -0.39 is 0 Å². The molecule has 1 aliphatic heterocycles. The predicted molar refractivity (Wildman–Crippen MR) is 95.1 cm³/mol. The van der Waals surface area contributed by atoms with Crippen molar-refractivity contribution in [3.8, 4) is 5.75 Å². The van der Waals surface area contributed by atoms with Crippen LogP contribution >= 0.6 is 11.3 Å². The zero-order valence-electron chi connectivity index (χ0n) is 13.8. The van der Waals surface area contributed by atoms with Gasteiger partial charge in [0.2, 0.25) is 0 Å². The van der Waals surface area contributed by atoms with Gasteiger partial charge in [-0.25, -0.2) is 0 Å². The van der Waals surface area contributed by atoms with Crippen molar-refractivity contribution in [1.82, 2.24) is 4.57 Å². The molecule has 0 bridgehead atoms. The molecule has 1 unspecified atom stereocenters. The van der Waals surface area contributed by atoms with E-state index in [4.69, 9.17) is 4.74 Å². The van der Waals surface area contributed by atoms with Gasteiger partial charge >= 0.3 is 5.97 Å². The number of aryl methyl sites for hydroxylation is 3. The average Bonchev–Trinajstić information content (AvgIpc) is 2.90. The largest absolute Gasteiger partial charge is 0.425 e. The molecule has 1 aliphatic rings. The zero-order valence-corrected chi connectivity index (χ0v) is 14.6. The van der Waals surface area contributed by atoms with Crippen LogP contribution in [-0.2, 0) is 11.8 Å². The lowest BCUT2D eigenvalue weighted by Crippen LogP contribution is -2.31. The number of benzene rings is 1. The topological polar surface area (TPSA) is 48.3 Å². The summed E-state index contributed by atoms with van der Waals surface area (Å²) in [6, 6.07) is 9.62. The zero-order chi connectivity index (χ0) is 17.0. The van der Waals surface area contributed by atoms with E-state index >= 15 is 0 Å². The number of fused-ring (bicyclic) bond motifs is 3.